The van der Waals surface area contributed by atoms with Crippen molar-refractivity contribution in [3.8, 4) is 0 Å². The standard InChI is InChI=1S/C17H26N.C2H6/c1-8-13-10-15-16(14(9-2)11(13)3)17(5,6)12(4)18(15)7;1-2/h10H,8-9H2,1-7H3;1-2H3/q+1;. The Morgan fingerprint density at radius 3 is 2.05 bits per heavy atom. The van der Waals surface area contributed by atoms with Crippen molar-refractivity contribution in [2.75, 3.05) is 7.05 Å². The van der Waals surface area contributed by atoms with E-state index in [-0.39, 0.29) is 5.41 Å². The van der Waals surface area contributed by atoms with Crippen LogP contribution >= 0.6 is 0 Å². The molecule has 0 saturated heterocycles. The number of benzene rings is 1. The van der Waals surface area contributed by atoms with E-state index in [2.05, 4.69) is 59.2 Å². The molecule has 0 aromatic heterocycles. The predicted molar refractivity (Wildman–Crippen MR) is 90.8 cm³/mol. The van der Waals surface area contributed by atoms with Gasteiger partial charge in [0.25, 0.3) is 0 Å². The van der Waals surface area contributed by atoms with E-state index in [0.717, 1.165) is 12.8 Å². The summed E-state index contributed by atoms with van der Waals surface area (Å²) in [4.78, 5) is 0. The summed E-state index contributed by atoms with van der Waals surface area (Å²) in [5.74, 6) is 0. The average Bonchev–Trinajstić information content (AvgIpc) is 2.62. The molecule has 1 aliphatic heterocycles. The van der Waals surface area contributed by atoms with Crippen molar-refractivity contribution in [1.29, 1.82) is 0 Å². The van der Waals surface area contributed by atoms with Gasteiger partial charge in [0.05, 0.1) is 5.41 Å². The monoisotopic (exact) mass is 274 g/mol. The molecule has 0 radical (unpaired) electrons. The van der Waals surface area contributed by atoms with Crippen molar-refractivity contribution in [3.63, 3.8) is 0 Å². The molecule has 0 atom stereocenters. The zero-order chi connectivity index (χ0) is 15.7. The van der Waals surface area contributed by atoms with Crippen LogP contribution < -0.4 is 0 Å². The van der Waals surface area contributed by atoms with Crippen LogP contribution in [0, 0.1) is 6.92 Å². The molecule has 2 rings (SSSR count). The fraction of sp³-hybridized carbons (Fsp3) is 0.632. The molecule has 112 valence electrons. The lowest BCUT2D eigenvalue weighted by atomic mass is 9.77. The van der Waals surface area contributed by atoms with Gasteiger partial charge in [0.1, 0.15) is 7.05 Å². The maximum Gasteiger partial charge on any atom is 0.209 e. The molecule has 0 spiro atoms. The van der Waals surface area contributed by atoms with E-state index in [1.165, 1.54) is 22.5 Å². The van der Waals surface area contributed by atoms with Crippen LogP contribution in [0.4, 0.5) is 5.69 Å². The van der Waals surface area contributed by atoms with Crippen LogP contribution in [0.2, 0.25) is 0 Å². The van der Waals surface area contributed by atoms with Crippen LogP contribution in [0.15, 0.2) is 6.07 Å². The predicted octanol–water partition coefficient (Wildman–Crippen LogP) is 5.17. The zero-order valence-electron chi connectivity index (χ0n) is 14.9. The van der Waals surface area contributed by atoms with E-state index in [0.29, 0.717) is 0 Å². The molecule has 0 saturated carbocycles. The second-order valence-electron chi connectivity index (χ2n) is 6.01. The van der Waals surface area contributed by atoms with Gasteiger partial charge in [0, 0.05) is 18.6 Å². The molecule has 20 heavy (non-hydrogen) atoms. The molecule has 0 unspecified atom stereocenters. The van der Waals surface area contributed by atoms with Gasteiger partial charge in [-0.15, -0.1) is 0 Å². The smallest absolute Gasteiger partial charge is 0.202 e. The van der Waals surface area contributed by atoms with E-state index in [1.54, 1.807) is 11.1 Å². The van der Waals surface area contributed by atoms with E-state index in [1.807, 2.05) is 13.8 Å². The molecule has 0 amide bonds. The summed E-state index contributed by atoms with van der Waals surface area (Å²) in [6.07, 6.45) is 2.26. The van der Waals surface area contributed by atoms with E-state index >= 15 is 0 Å². The number of aryl methyl sites for hydroxylation is 1. The minimum atomic E-state index is 0.173. The zero-order valence-corrected chi connectivity index (χ0v) is 14.9. The summed E-state index contributed by atoms with van der Waals surface area (Å²) >= 11 is 0. The summed E-state index contributed by atoms with van der Waals surface area (Å²) in [5, 5.41) is 0. The van der Waals surface area contributed by atoms with Gasteiger partial charge >= 0.3 is 0 Å². The first kappa shape index (κ1) is 16.9. The number of hydrogen-bond donors (Lipinski definition) is 0. The van der Waals surface area contributed by atoms with Crippen LogP contribution in [-0.4, -0.2) is 17.3 Å². The topological polar surface area (TPSA) is 3.01 Å². The molecule has 1 aromatic rings. The largest absolute Gasteiger partial charge is 0.209 e. The van der Waals surface area contributed by atoms with E-state index in [4.69, 9.17) is 0 Å². The highest BCUT2D eigenvalue weighted by atomic mass is 15.0. The maximum absolute atomic E-state index is 2.40. The first-order chi connectivity index (χ1) is 9.36. The van der Waals surface area contributed by atoms with Gasteiger partial charge in [-0.1, -0.05) is 27.7 Å². The van der Waals surface area contributed by atoms with Crippen molar-refractivity contribution in [3.05, 3.63) is 28.3 Å². The quantitative estimate of drug-likeness (QED) is 0.654. The highest BCUT2D eigenvalue weighted by molar-refractivity contribution is 5.94. The number of rotatable bonds is 2. The Morgan fingerprint density at radius 1 is 1.05 bits per heavy atom. The van der Waals surface area contributed by atoms with Gasteiger partial charge in [-0.3, -0.25) is 0 Å². The SMILES string of the molecule is CC.CCc1cc2c(c(CC)c1C)C(C)(C)C(C)=[N+]2C. The Hall–Kier alpha value is -1.11. The van der Waals surface area contributed by atoms with Crippen LogP contribution in [-0.2, 0) is 18.3 Å². The highest BCUT2D eigenvalue weighted by Gasteiger charge is 2.43. The number of fused-ring (bicyclic) bond motifs is 1. The van der Waals surface area contributed by atoms with Crippen LogP contribution in [0.1, 0.15) is 70.7 Å². The fourth-order valence-corrected chi connectivity index (χ4v) is 3.43. The molecule has 0 fully saturated rings. The van der Waals surface area contributed by atoms with Crippen molar-refractivity contribution < 1.29 is 4.58 Å². The first-order valence-electron chi connectivity index (χ1n) is 8.09. The molecular weight excluding hydrogens is 242 g/mol. The Labute approximate surface area is 125 Å². The third kappa shape index (κ3) is 2.32. The second kappa shape index (κ2) is 6.11. The summed E-state index contributed by atoms with van der Waals surface area (Å²) in [6.45, 7) is 17.8. The lowest BCUT2D eigenvalue weighted by Gasteiger charge is -2.21. The molecule has 1 aliphatic rings. The molecule has 0 N–H and O–H groups in total. The summed E-state index contributed by atoms with van der Waals surface area (Å²) < 4.78 is 2.38. The Morgan fingerprint density at radius 2 is 1.60 bits per heavy atom. The number of hydrogen-bond acceptors (Lipinski definition) is 0. The average molecular weight is 274 g/mol. The minimum absolute atomic E-state index is 0.173. The molecule has 1 nitrogen and oxygen atoms in total. The second-order valence-corrected chi connectivity index (χ2v) is 6.01. The van der Waals surface area contributed by atoms with E-state index in [9.17, 15) is 0 Å². The van der Waals surface area contributed by atoms with E-state index < -0.39 is 0 Å². The molecule has 0 bridgehead atoms. The van der Waals surface area contributed by atoms with Crippen molar-refractivity contribution >= 4 is 11.4 Å². The highest BCUT2D eigenvalue weighted by Crippen LogP contribution is 2.43. The molecular formula is C19H32N+. The molecule has 1 heteroatoms. The third-order valence-corrected chi connectivity index (χ3v) is 4.93. The van der Waals surface area contributed by atoms with Gasteiger partial charge in [-0.25, -0.2) is 4.58 Å². The van der Waals surface area contributed by atoms with Gasteiger partial charge < -0.3 is 0 Å². The van der Waals surface area contributed by atoms with Gasteiger partial charge in [0.15, 0.2) is 5.71 Å². The van der Waals surface area contributed by atoms with Gasteiger partial charge in [-0.05, 0) is 50.3 Å². The lowest BCUT2D eigenvalue weighted by Crippen LogP contribution is -2.26. The summed E-state index contributed by atoms with van der Waals surface area (Å²) in [7, 11) is 2.21. The van der Waals surface area contributed by atoms with Crippen LogP contribution in [0.25, 0.3) is 0 Å². The normalized spacial score (nSPS) is 15.8. The molecule has 0 aliphatic carbocycles. The van der Waals surface area contributed by atoms with Crippen molar-refractivity contribution in [2.24, 2.45) is 0 Å². The van der Waals surface area contributed by atoms with Crippen molar-refractivity contribution in [1.82, 2.24) is 0 Å². The van der Waals surface area contributed by atoms with Gasteiger partial charge in [-0.2, -0.15) is 0 Å². The van der Waals surface area contributed by atoms with Crippen LogP contribution in [0.5, 0.6) is 0 Å². The van der Waals surface area contributed by atoms with Crippen molar-refractivity contribution in [2.45, 2.75) is 73.6 Å². The lowest BCUT2D eigenvalue weighted by molar-refractivity contribution is -0.403. The summed E-state index contributed by atoms with van der Waals surface area (Å²) in [6, 6.07) is 2.40. The Kier molecular flexibility index (Phi) is 5.18. The Balaban J connectivity index is 0.000000956. The Bertz CT molecular complexity index is 533. The molecule has 1 heterocycles. The fourth-order valence-electron chi connectivity index (χ4n) is 3.43. The number of nitrogens with zero attached hydrogens (tertiary/aromatic N) is 1. The maximum atomic E-state index is 2.40. The molecule has 1 aromatic carbocycles. The summed E-state index contributed by atoms with van der Waals surface area (Å²) in [5.41, 5.74) is 9.19. The minimum Gasteiger partial charge on any atom is -0.202 e. The van der Waals surface area contributed by atoms with Gasteiger partial charge in [0.2, 0.25) is 5.69 Å². The first-order valence-corrected chi connectivity index (χ1v) is 8.09. The third-order valence-electron chi connectivity index (χ3n) is 4.93. The van der Waals surface area contributed by atoms with Crippen LogP contribution in [0.3, 0.4) is 0 Å².